The van der Waals surface area contributed by atoms with Gasteiger partial charge in [-0.3, -0.25) is 4.79 Å². The number of amides is 1. The lowest BCUT2D eigenvalue weighted by molar-refractivity contribution is -0.119. The minimum absolute atomic E-state index is 0.203. The molecule has 0 aromatic carbocycles. The molecule has 2 atom stereocenters. The molecule has 0 spiro atoms. The fourth-order valence-electron chi connectivity index (χ4n) is 1.59. The zero-order chi connectivity index (χ0) is 9.19. The SMILES string of the molecule is CCC1CC(N)(CC(N)=O)CO1. The molecule has 1 fully saturated rings. The van der Waals surface area contributed by atoms with Crippen molar-refractivity contribution >= 4 is 5.91 Å². The van der Waals surface area contributed by atoms with Gasteiger partial charge in [0.15, 0.2) is 0 Å². The molecule has 4 nitrogen and oxygen atoms in total. The predicted octanol–water partition coefficient (Wildman–Crippen LogP) is -0.242. The lowest BCUT2D eigenvalue weighted by Gasteiger charge is -2.19. The van der Waals surface area contributed by atoms with Crippen molar-refractivity contribution in [2.75, 3.05) is 6.61 Å². The standard InChI is InChI=1S/C8H16N2O2/c1-2-6-3-8(10,5-12-6)4-7(9)11/h6H,2-5,10H2,1H3,(H2,9,11). The monoisotopic (exact) mass is 172 g/mol. The molecule has 1 heterocycles. The van der Waals surface area contributed by atoms with E-state index in [1.165, 1.54) is 0 Å². The number of hydrogen-bond acceptors (Lipinski definition) is 3. The third-order valence-corrected chi connectivity index (χ3v) is 2.22. The molecule has 0 aromatic heterocycles. The number of rotatable bonds is 3. The summed E-state index contributed by atoms with van der Waals surface area (Å²) in [6, 6.07) is 0. The lowest BCUT2D eigenvalue weighted by Crippen LogP contribution is -2.44. The number of primary amides is 1. The molecule has 0 aromatic rings. The molecule has 0 bridgehead atoms. The van der Waals surface area contributed by atoms with Gasteiger partial charge in [-0.25, -0.2) is 0 Å². The Morgan fingerprint density at radius 2 is 2.42 bits per heavy atom. The van der Waals surface area contributed by atoms with E-state index in [1.807, 2.05) is 6.92 Å². The largest absolute Gasteiger partial charge is 0.376 e. The molecule has 0 radical (unpaired) electrons. The highest BCUT2D eigenvalue weighted by atomic mass is 16.5. The van der Waals surface area contributed by atoms with Crippen LogP contribution in [0, 0.1) is 0 Å². The van der Waals surface area contributed by atoms with Crippen LogP contribution in [-0.2, 0) is 9.53 Å². The molecule has 4 N–H and O–H groups in total. The zero-order valence-corrected chi connectivity index (χ0v) is 7.38. The summed E-state index contributed by atoms with van der Waals surface area (Å²) in [4.78, 5) is 10.6. The average molecular weight is 172 g/mol. The van der Waals surface area contributed by atoms with Gasteiger partial charge < -0.3 is 16.2 Å². The molecule has 1 rings (SSSR count). The van der Waals surface area contributed by atoms with Gasteiger partial charge >= 0.3 is 0 Å². The molecule has 70 valence electrons. The smallest absolute Gasteiger partial charge is 0.219 e. The quantitative estimate of drug-likeness (QED) is 0.616. The lowest BCUT2D eigenvalue weighted by atomic mass is 9.92. The molecule has 2 unspecified atom stereocenters. The summed E-state index contributed by atoms with van der Waals surface area (Å²) in [6.45, 7) is 2.50. The van der Waals surface area contributed by atoms with Crippen molar-refractivity contribution in [3.8, 4) is 0 Å². The molecular weight excluding hydrogens is 156 g/mol. The van der Waals surface area contributed by atoms with Crippen LogP contribution in [0.25, 0.3) is 0 Å². The Hall–Kier alpha value is -0.610. The molecule has 0 aliphatic carbocycles. The second-order valence-electron chi connectivity index (χ2n) is 3.55. The predicted molar refractivity (Wildman–Crippen MR) is 45.4 cm³/mol. The topological polar surface area (TPSA) is 78.3 Å². The first kappa shape index (κ1) is 9.48. The van der Waals surface area contributed by atoms with Crippen molar-refractivity contribution in [1.82, 2.24) is 0 Å². The Morgan fingerprint density at radius 3 is 2.83 bits per heavy atom. The van der Waals surface area contributed by atoms with Gasteiger partial charge in [0.1, 0.15) is 0 Å². The third kappa shape index (κ3) is 2.19. The van der Waals surface area contributed by atoms with Crippen molar-refractivity contribution in [1.29, 1.82) is 0 Å². The molecule has 1 amide bonds. The Kier molecular flexibility index (Phi) is 2.69. The highest BCUT2D eigenvalue weighted by Gasteiger charge is 2.37. The van der Waals surface area contributed by atoms with Crippen LogP contribution >= 0.6 is 0 Å². The van der Waals surface area contributed by atoms with E-state index in [1.54, 1.807) is 0 Å². The number of ether oxygens (including phenoxy) is 1. The van der Waals surface area contributed by atoms with E-state index < -0.39 is 5.54 Å². The van der Waals surface area contributed by atoms with Gasteiger partial charge in [0.2, 0.25) is 5.91 Å². The Labute approximate surface area is 72.2 Å². The molecule has 1 aliphatic heterocycles. The summed E-state index contributed by atoms with van der Waals surface area (Å²) < 4.78 is 5.39. The fourth-order valence-corrected chi connectivity index (χ4v) is 1.59. The maximum atomic E-state index is 10.6. The van der Waals surface area contributed by atoms with Crippen molar-refractivity contribution in [2.24, 2.45) is 11.5 Å². The van der Waals surface area contributed by atoms with Crippen LogP contribution in [0.5, 0.6) is 0 Å². The van der Waals surface area contributed by atoms with E-state index in [2.05, 4.69) is 0 Å². The first-order valence-electron chi connectivity index (χ1n) is 4.24. The summed E-state index contributed by atoms with van der Waals surface area (Å²) in [5.74, 6) is -0.349. The fraction of sp³-hybridized carbons (Fsp3) is 0.875. The minimum atomic E-state index is -0.507. The van der Waals surface area contributed by atoms with Crippen LogP contribution in [-0.4, -0.2) is 24.2 Å². The zero-order valence-electron chi connectivity index (χ0n) is 7.38. The molecule has 1 saturated heterocycles. The normalized spacial score (nSPS) is 35.3. The molecular formula is C8H16N2O2. The van der Waals surface area contributed by atoms with Crippen LogP contribution in [0.1, 0.15) is 26.2 Å². The molecule has 0 saturated carbocycles. The first-order valence-corrected chi connectivity index (χ1v) is 4.24. The van der Waals surface area contributed by atoms with Gasteiger partial charge in [0.05, 0.1) is 18.2 Å². The maximum absolute atomic E-state index is 10.6. The first-order chi connectivity index (χ1) is 5.56. The second kappa shape index (κ2) is 3.41. The maximum Gasteiger partial charge on any atom is 0.219 e. The molecule has 1 aliphatic rings. The van der Waals surface area contributed by atoms with Crippen LogP contribution in [0.15, 0.2) is 0 Å². The number of nitrogens with two attached hydrogens (primary N) is 2. The van der Waals surface area contributed by atoms with Crippen molar-refractivity contribution in [2.45, 2.75) is 37.8 Å². The second-order valence-corrected chi connectivity index (χ2v) is 3.55. The number of carbonyl (C=O) groups excluding carboxylic acids is 1. The molecule has 12 heavy (non-hydrogen) atoms. The highest BCUT2D eigenvalue weighted by Crippen LogP contribution is 2.26. The van der Waals surface area contributed by atoms with Crippen molar-refractivity contribution < 1.29 is 9.53 Å². The van der Waals surface area contributed by atoms with E-state index in [4.69, 9.17) is 16.2 Å². The third-order valence-electron chi connectivity index (χ3n) is 2.22. The Morgan fingerprint density at radius 1 is 1.75 bits per heavy atom. The Bertz CT molecular complexity index is 184. The van der Waals surface area contributed by atoms with Crippen LogP contribution < -0.4 is 11.5 Å². The van der Waals surface area contributed by atoms with E-state index in [0.29, 0.717) is 6.61 Å². The van der Waals surface area contributed by atoms with E-state index in [9.17, 15) is 4.79 Å². The molecule has 4 heteroatoms. The summed E-state index contributed by atoms with van der Waals surface area (Å²) in [7, 11) is 0. The number of hydrogen-bond donors (Lipinski definition) is 2. The summed E-state index contributed by atoms with van der Waals surface area (Å²) in [6.07, 6.45) is 2.11. The van der Waals surface area contributed by atoms with Crippen molar-refractivity contribution in [3.63, 3.8) is 0 Å². The van der Waals surface area contributed by atoms with E-state index >= 15 is 0 Å². The number of carbonyl (C=O) groups is 1. The Balaban J connectivity index is 2.46. The van der Waals surface area contributed by atoms with E-state index in [-0.39, 0.29) is 18.4 Å². The van der Waals surface area contributed by atoms with Crippen LogP contribution in [0.4, 0.5) is 0 Å². The summed E-state index contributed by atoms with van der Waals surface area (Å²) >= 11 is 0. The van der Waals surface area contributed by atoms with Gasteiger partial charge in [-0.2, -0.15) is 0 Å². The van der Waals surface area contributed by atoms with Crippen LogP contribution in [0.2, 0.25) is 0 Å². The van der Waals surface area contributed by atoms with Gasteiger partial charge in [0.25, 0.3) is 0 Å². The highest BCUT2D eigenvalue weighted by molar-refractivity contribution is 5.75. The van der Waals surface area contributed by atoms with Gasteiger partial charge in [-0.1, -0.05) is 6.92 Å². The van der Waals surface area contributed by atoms with Gasteiger partial charge in [-0.05, 0) is 12.8 Å². The van der Waals surface area contributed by atoms with Gasteiger partial charge in [-0.15, -0.1) is 0 Å². The van der Waals surface area contributed by atoms with Crippen molar-refractivity contribution in [3.05, 3.63) is 0 Å². The minimum Gasteiger partial charge on any atom is -0.376 e. The summed E-state index contributed by atoms with van der Waals surface area (Å²) in [5.41, 5.74) is 10.5. The average Bonchev–Trinajstić information content (AvgIpc) is 2.30. The summed E-state index contributed by atoms with van der Waals surface area (Å²) in [5, 5.41) is 0. The van der Waals surface area contributed by atoms with Gasteiger partial charge in [0, 0.05) is 6.42 Å². The van der Waals surface area contributed by atoms with Crippen LogP contribution in [0.3, 0.4) is 0 Å². The van der Waals surface area contributed by atoms with E-state index in [0.717, 1.165) is 12.8 Å².